The van der Waals surface area contributed by atoms with Gasteiger partial charge >= 0.3 is 5.97 Å². The second kappa shape index (κ2) is 7.86. The Hall–Kier alpha value is -3.41. The molecule has 0 fully saturated rings. The quantitative estimate of drug-likeness (QED) is 0.628. The summed E-state index contributed by atoms with van der Waals surface area (Å²) in [5, 5.41) is 13.5. The highest BCUT2D eigenvalue weighted by Crippen LogP contribution is 2.22. The highest BCUT2D eigenvalue weighted by molar-refractivity contribution is 5.98. The molecule has 1 amide bonds. The third kappa shape index (κ3) is 4.06. The van der Waals surface area contributed by atoms with Crippen LogP contribution in [0.2, 0.25) is 0 Å². The summed E-state index contributed by atoms with van der Waals surface area (Å²) in [5.74, 6) is -1.27. The molecule has 3 rings (SSSR count). The highest BCUT2D eigenvalue weighted by Gasteiger charge is 2.17. The largest absolute Gasteiger partial charge is 0.478 e. The van der Waals surface area contributed by atoms with E-state index in [0.29, 0.717) is 11.3 Å². The van der Waals surface area contributed by atoms with Crippen molar-refractivity contribution in [1.29, 1.82) is 0 Å². The Labute approximate surface area is 157 Å². The van der Waals surface area contributed by atoms with Crippen molar-refractivity contribution in [2.45, 2.75) is 20.3 Å². The zero-order chi connectivity index (χ0) is 19.4. The van der Waals surface area contributed by atoms with Crippen LogP contribution in [0.1, 0.15) is 38.5 Å². The van der Waals surface area contributed by atoms with Gasteiger partial charge in [-0.2, -0.15) is 5.10 Å². The van der Waals surface area contributed by atoms with E-state index in [1.807, 2.05) is 54.9 Å². The fourth-order valence-electron chi connectivity index (χ4n) is 3.05. The number of carboxylic acid groups (broad SMARTS) is 1. The topological polar surface area (TPSA) is 83.7 Å². The summed E-state index contributed by atoms with van der Waals surface area (Å²) in [7, 11) is 0. The predicted octanol–water partition coefficient (Wildman–Crippen LogP) is 3.64. The monoisotopic (exact) mass is 363 g/mol. The number of nitrogens with one attached hydrogen (secondary N) is 1. The van der Waals surface area contributed by atoms with Gasteiger partial charge in [-0.1, -0.05) is 24.3 Å². The van der Waals surface area contributed by atoms with Crippen LogP contribution in [0.3, 0.4) is 0 Å². The van der Waals surface area contributed by atoms with E-state index in [-0.39, 0.29) is 17.4 Å². The van der Waals surface area contributed by atoms with Gasteiger partial charge < -0.3 is 9.67 Å². The second-order valence-electron chi connectivity index (χ2n) is 6.42. The standard InChI is InChI=1S/C21H21N3O3/c1-14-8-9-15(2)24(14)19-12-17(10-11-18(19)21(26)27)20(25)23-22-13-16-6-4-3-5-7-16/h3-6,8-13,16H,7H2,1-2H3,(H,23,25)(H,26,27)/b22-13+. The predicted molar refractivity (Wildman–Crippen MR) is 105 cm³/mol. The minimum Gasteiger partial charge on any atom is -0.478 e. The molecule has 27 heavy (non-hydrogen) atoms. The molecule has 0 spiro atoms. The molecule has 0 radical (unpaired) electrons. The van der Waals surface area contributed by atoms with Crippen molar-refractivity contribution in [3.05, 3.63) is 77.2 Å². The lowest BCUT2D eigenvalue weighted by atomic mass is 10.0. The van der Waals surface area contributed by atoms with Crippen LogP contribution in [0.15, 0.2) is 59.7 Å². The normalized spacial score (nSPS) is 16.0. The Bertz CT molecular complexity index is 948. The van der Waals surface area contributed by atoms with Crippen LogP contribution in [-0.2, 0) is 0 Å². The second-order valence-corrected chi connectivity index (χ2v) is 6.42. The van der Waals surface area contributed by atoms with Gasteiger partial charge in [-0.25, -0.2) is 10.2 Å². The third-order valence-electron chi connectivity index (χ3n) is 4.45. The maximum atomic E-state index is 12.4. The van der Waals surface area contributed by atoms with Crippen molar-refractivity contribution in [3.63, 3.8) is 0 Å². The zero-order valence-electron chi connectivity index (χ0n) is 15.2. The fraction of sp³-hybridized carbons (Fsp3) is 0.190. The summed E-state index contributed by atoms with van der Waals surface area (Å²) in [4.78, 5) is 24.1. The fourth-order valence-corrected chi connectivity index (χ4v) is 3.05. The van der Waals surface area contributed by atoms with Gasteiger partial charge in [-0.05, 0) is 50.6 Å². The number of aryl methyl sites for hydroxylation is 2. The van der Waals surface area contributed by atoms with Gasteiger partial charge in [0.2, 0.25) is 0 Å². The molecule has 0 aliphatic heterocycles. The highest BCUT2D eigenvalue weighted by atomic mass is 16.4. The van der Waals surface area contributed by atoms with Crippen molar-refractivity contribution in [2.75, 3.05) is 0 Å². The van der Waals surface area contributed by atoms with Crippen molar-refractivity contribution in [2.24, 2.45) is 11.0 Å². The molecule has 1 aliphatic carbocycles. The molecule has 0 saturated heterocycles. The van der Waals surface area contributed by atoms with Crippen LogP contribution in [-0.4, -0.2) is 27.8 Å². The summed E-state index contributed by atoms with van der Waals surface area (Å²) >= 11 is 0. The molecular weight excluding hydrogens is 342 g/mol. The molecule has 6 heteroatoms. The van der Waals surface area contributed by atoms with Crippen molar-refractivity contribution in [3.8, 4) is 5.69 Å². The van der Waals surface area contributed by atoms with Gasteiger partial charge in [0.1, 0.15) is 0 Å². The minimum absolute atomic E-state index is 0.136. The molecule has 0 saturated carbocycles. The maximum Gasteiger partial charge on any atom is 0.337 e. The van der Waals surface area contributed by atoms with E-state index < -0.39 is 5.97 Å². The van der Waals surface area contributed by atoms with Crippen LogP contribution >= 0.6 is 0 Å². The van der Waals surface area contributed by atoms with E-state index in [1.165, 1.54) is 12.1 Å². The molecule has 2 N–H and O–H groups in total. The lowest BCUT2D eigenvalue weighted by molar-refractivity contribution is 0.0696. The van der Waals surface area contributed by atoms with Gasteiger partial charge in [0, 0.05) is 29.1 Å². The number of carboxylic acids is 1. The Kier molecular flexibility index (Phi) is 5.35. The minimum atomic E-state index is -1.04. The van der Waals surface area contributed by atoms with Crippen LogP contribution in [0.25, 0.3) is 5.69 Å². The number of rotatable bonds is 5. The average molecular weight is 363 g/mol. The van der Waals surface area contributed by atoms with E-state index >= 15 is 0 Å². The first kappa shape index (κ1) is 18.4. The van der Waals surface area contributed by atoms with E-state index in [0.717, 1.165) is 17.8 Å². The number of hydrogen-bond donors (Lipinski definition) is 2. The molecule has 1 aliphatic rings. The van der Waals surface area contributed by atoms with Crippen LogP contribution in [0, 0.1) is 19.8 Å². The van der Waals surface area contributed by atoms with Gasteiger partial charge in [0.25, 0.3) is 5.91 Å². The first-order chi connectivity index (χ1) is 13.0. The summed E-state index contributed by atoms with van der Waals surface area (Å²) in [6, 6.07) is 8.34. The number of hydrogen-bond acceptors (Lipinski definition) is 3. The summed E-state index contributed by atoms with van der Waals surface area (Å²) < 4.78 is 1.82. The molecule has 2 aromatic rings. The number of allylic oxidation sites excluding steroid dienone is 4. The van der Waals surface area contributed by atoms with E-state index in [4.69, 9.17) is 0 Å². The Morgan fingerprint density at radius 1 is 1.19 bits per heavy atom. The smallest absolute Gasteiger partial charge is 0.337 e. The Balaban J connectivity index is 1.86. The number of aromatic nitrogens is 1. The van der Waals surface area contributed by atoms with E-state index in [2.05, 4.69) is 10.5 Å². The molecule has 1 aromatic carbocycles. The molecule has 1 aromatic heterocycles. The van der Waals surface area contributed by atoms with Gasteiger partial charge in [-0.15, -0.1) is 0 Å². The van der Waals surface area contributed by atoms with Gasteiger partial charge in [0.05, 0.1) is 11.3 Å². The molecule has 1 unspecified atom stereocenters. The van der Waals surface area contributed by atoms with Crippen molar-refractivity contribution >= 4 is 18.1 Å². The first-order valence-corrected chi connectivity index (χ1v) is 8.67. The summed E-state index contributed by atoms with van der Waals surface area (Å²) in [5.41, 5.74) is 5.23. The number of nitrogens with zero attached hydrogens (tertiary/aromatic N) is 2. The number of carbonyl (C=O) groups excluding carboxylic acids is 1. The third-order valence-corrected chi connectivity index (χ3v) is 4.45. The Morgan fingerprint density at radius 2 is 1.93 bits per heavy atom. The molecule has 1 atom stereocenters. The average Bonchev–Trinajstić information content (AvgIpc) is 3.00. The molecular formula is C21H21N3O3. The van der Waals surface area contributed by atoms with Crippen LogP contribution < -0.4 is 5.43 Å². The summed E-state index contributed by atoms with van der Waals surface area (Å²) in [6.07, 6.45) is 10.5. The lowest BCUT2D eigenvalue weighted by Crippen LogP contribution is -2.19. The van der Waals surface area contributed by atoms with Gasteiger partial charge in [-0.3, -0.25) is 4.79 Å². The van der Waals surface area contributed by atoms with E-state index in [1.54, 1.807) is 12.3 Å². The lowest BCUT2D eigenvalue weighted by Gasteiger charge is -2.14. The molecule has 6 nitrogen and oxygen atoms in total. The number of aromatic carboxylic acids is 1. The number of benzene rings is 1. The Morgan fingerprint density at radius 3 is 2.56 bits per heavy atom. The number of carbonyl (C=O) groups is 2. The van der Waals surface area contributed by atoms with Crippen LogP contribution in [0.5, 0.6) is 0 Å². The number of amides is 1. The SMILES string of the molecule is Cc1ccc(C)n1-c1cc(C(=O)N/N=C/C2C=CC=CC2)ccc1C(=O)O. The van der Waals surface area contributed by atoms with Crippen LogP contribution in [0.4, 0.5) is 0 Å². The van der Waals surface area contributed by atoms with Crippen molar-refractivity contribution in [1.82, 2.24) is 9.99 Å². The van der Waals surface area contributed by atoms with Gasteiger partial charge in [0.15, 0.2) is 0 Å². The van der Waals surface area contributed by atoms with Crippen molar-refractivity contribution < 1.29 is 14.7 Å². The number of hydrazone groups is 1. The molecule has 0 bridgehead atoms. The first-order valence-electron chi connectivity index (χ1n) is 8.67. The summed E-state index contributed by atoms with van der Waals surface area (Å²) in [6.45, 7) is 3.78. The molecule has 138 valence electrons. The zero-order valence-corrected chi connectivity index (χ0v) is 15.2. The maximum absolute atomic E-state index is 12.4. The van der Waals surface area contributed by atoms with E-state index in [9.17, 15) is 14.7 Å². The molecule has 1 heterocycles.